The summed E-state index contributed by atoms with van der Waals surface area (Å²) in [7, 11) is 0. The third-order valence-corrected chi connectivity index (χ3v) is 4.16. The van der Waals surface area contributed by atoms with Gasteiger partial charge in [0.25, 0.3) is 0 Å². The van der Waals surface area contributed by atoms with Gasteiger partial charge in [0.1, 0.15) is 0 Å². The number of hydrogen-bond acceptors (Lipinski definition) is 2. The van der Waals surface area contributed by atoms with Gasteiger partial charge in [0.2, 0.25) is 0 Å². The van der Waals surface area contributed by atoms with Crippen LogP contribution in [-0.2, 0) is 6.54 Å². The summed E-state index contributed by atoms with van der Waals surface area (Å²) in [6.07, 6.45) is 3.94. The molecule has 2 aromatic rings. The molecule has 0 aliphatic carbocycles. The van der Waals surface area contributed by atoms with Crippen molar-refractivity contribution in [3.63, 3.8) is 0 Å². The van der Waals surface area contributed by atoms with Crippen LogP contribution < -0.4 is 5.32 Å². The Balaban J connectivity index is 2.28. The van der Waals surface area contributed by atoms with Gasteiger partial charge in [0.15, 0.2) is 0 Å². The summed E-state index contributed by atoms with van der Waals surface area (Å²) in [5.41, 5.74) is 4.71. The Morgan fingerprint density at radius 2 is 1.94 bits per heavy atom. The van der Waals surface area contributed by atoms with Gasteiger partial charge in [-0.25, -0.2) is 4.98 Å². The summed E-state index contributed by atoms with van der Waals surface area (Å²) in [5.74, 6) is 0. The molecule has 1 aromatic carbocycles. The van der Waals surface area contributed by atoms with Crippen molar-refractivity contribution in [1.29, 1.82) is 0 Å². The molecule has 2 rings (SSSR count). The lowest BCUT2D eigenvalue weighted by Crippen LogP contribution is -2.11. The molecule has 1 N–H and O–H groups in total. The maximum atomic E-state index is 4.40. The number of halogens is 1. The molecule has 0 aliphatic heterocycles. The lowest BCUT2D eigenvalue weighted by atomic mass is 10.1. The maximum absolute atomic E-state index is 4.40. The SMILES string of the molecule is CCNCc1cn(-c2cc(C)c(Br)c(C)c2)cn1. The van der Waals surface area contributed by atoms with Crippen molar-refractivity contribution in [2.75, 3.05) is 6.54 Å². The average Bonchev–Trinajstić information content (AvgIpc) is 2.81. The molecule has 0 fully saturated rings. The second-order valence-corrected chi connectivity index (χ2v) is 5.24. The first-order valence-corrected chi connectivity index (χ1v) is 6.91. The van der Waals surface area contributed by atoms with Gasteiger partial charge in [0.05, 0.1) is 12.0 Å². The Hall–Kier alpha value is -1.13. The molecule has 0 amide bonds. The van der Waals surface area contributed by atoms with Gasteiger partial charge < -0.3 is 9.88 Å². The molecule has 1 heterocycles. The van der Waals surface area contributed by atoms with Crippen molar-refractivity contribution in [2.45, 2.75) is 27.3 Å². The van der Waals surface area contributed by atoms with E-state index in [4.69, 9.17) is 0 Å². The van der Waals surface area contributed by atoms with Gasteiger partial charge in [-0.1, -0.05) is 22.9 Å². The minimum absolute atomic E-state index is 0.817. The number of nitrogens with one attached hydrogen (secondary N) is 1. The monoisotopic (exact) mass is 307 g/mol. The number of nitrogens with zero attached hydrogens (tertiary/aromatic N) is 2. The van der Waals surface area contributed by atoms with E-state index in [1.54, 1.807) is 0 Å². The number of hydrogen-bond donors (Lipinski definition) is 1. The van der Waals surface area contributed by atoms with E-state index in [1.165, 1.54) is 15.6 Å². The molecular formula is C14H18BrN3. The van der Waals surface area contributed by atoms with Crippen molar-refractivity contribution < 1.29 is 0 Å². The summed E-state index contributed by atoms with van der Waals surface area (Å²) in [6, 6.07) is 4.32. The first-order chi connectivity index (χ1) is 8.61. The largest absolute Gasteiger partial charge is 0.311 e. The third-order valence-electron chi connectivity index (χ3n) is 2.91. The van der Waals surface area contributed by atoms with Gasteiger partial charge in [-0.2, -0.15) is 0 Å². The van der Waals surface area contributed by atoms with Crippen LogP contribution in [0.2, 0.25) is 0 Å². The van der Waals surface area contributed by atoms with Crippen molar-refractivity contribution in [2.24, 2.45) is 0 Å². The Morgan fingerprint density at radius 3 is 2.56 bits per heavy atom. The van der Waals surface area contributed by atoms with Crippen molar-refractivity contribution in [1.82, 2.24) is 14.9 Å². The van der Waals surface area contributed by atoms with E-state index in [9.17, 15) is 0 Å². The van der Waals surface area contributed by atoms with E-state index in [-0.39, 0.29) is 0 Å². The predicted octanol–water partition coefficient (Wildman–Crippen LogP) is 3.36. The van der Waals surface area contributed by atoms with E-state index in [2.05, 4.69) is 69.9 Å². The molecule has 96 valence electrons. The Bertz CT molecular complexity index is 523. The van der Waals surface area contributed by atoms with E-state index >= 15 is 0 Å². The van der Waals surface area contributed by atoms with Crippen LogP contribution in [0.4, 0.5) is 0 Å². The van der Waals surface area contributed by atoms with Crippen LogP contribution in [0, 0.1) is 13.8 Å². The first kappa shape index (κ1) is 13.3. The fraction of sp³-hybridized carbons (Fsp3) is 0.357. The molecule has 0 spiro atoms. The topological polar surface area (TPSA) is 29.9 Å². The van der Waals surface area contributed by atoms with Crippen LogP contribution in [-0.4, -0.2) is 16.1 Å². The Labute approximate surface area is 116 Å². The van der Waals surface area contributed by atoms with E-state index in [1.807, 2.05) is 6.33 Å². The van der Waals surface area contributed by atoms with Crippen molar-refractivity contribution in [3.05, 3.63) is 46.0 Å². The summed E-state index contributed by atoms with van der Waals surface area (Å²) in [5, 5.41) is 3.28. The highest BCUT2D eigenvalue weighted by Gasteiger charge is 2.05. The lowest BCUT2D eigenvalue weighted by Gasteiger charge is -2.08. The maximum Gasteiger partial charge on any atom is 0.0995 e. The fourth-order valence-electron chi connectivity index (χ4n) is 1.92. The van der Waals surface area contributed by atoms with Crippen LogP contribution in [0.25, 0.3) is 5.69 Å². The molecule has 18 heavy (non-hydrogen) atoms. The normalized spacial score (nSPS) is 10.9. The molecule has 0 radical (unpaired) electrons. The summed E-state index contributed by atoms with van der Waals surface area (Å²) in [4.78, 5) is 4.40. The number of imidazole rings is 1. The number of benzene rings is 1. The summed E-state index contributed by atoms with van der Waals surface area (Å²) < 4.78 is 3.25. The van der Waals surface area contributed by atoms with E-state index < -0.39 is 0 Å². The van der Waals surface area contributed by atoms with Gasteiger partial charge in [-0.15, -0.1) is 0 Å². The van der Waals surface area contributed by atoms with Crippen LogP contribution in [0.3, 0.4) is 0 Å². The highest BCUT2D eigenvalue weighted by molar-refractivity contribution is 9.10. The molecule has 0 aliphatic rings. The first-order valence-electron chi connectivity index (χ1n) is 6.12. The van der Waals surface area contributed by atoms with Gasteiger partial charge in [-0.3, -0.25) is 0 Å². The molecule has 0 bridgehead atoms. The van der Waals surface area contributed by atoms with Crippen molar-refractivity contribution in [3.8, 4) is 5.69 Å². The van der Waals surface area contributed by atoms with Crippen LogP contribution in [0.15, 0.2) is 29.1 Å². The number of aromatic nitrogens is 2. The van der Waals surface area contributed by atoms with Crippen molar-refractivity contribution >= 4 is 15.9 Å². The van der Waals surface area contributed by atoms with Crippen LogP contribution in [0.5, 0.6) is 0 Å². The molecule has 1 aromatic heterocycles. The molecule has 0 saturated carbocycles. The zero-order chi connectivity index (χ0) is 13.1. The number of aryl methyl sites for hydroxylation is 2. The standard InChI is InChI=1S/C14H18BrN3/c1-4-16-7-12-8-18(9-17-12)13-5-10(2)14(15)11(3)6-13/h5-6,8-9,16H,4,7H2,1-3H3. The minimum Gasteiger partial charge on any atom is -0.311 e. The zero-order valence-corrected chi connectivity index (χ0v) is 12.6. The third kappa shape index (κ3) is 2.82. The highest BCUT2D eigenvalue weighted by atomic mass is 79.9. The molecular weight excluding hydrogens is 290 g/mol. The van der Waals surface area contributed by atoms with Gasteiger partial charge in [-0.05, 0) is 43.7 Å². The van der Waals surface area contributed by atoms with E-state index in [0.29, 0.717) is 0 Å². The molecule has 3 nitrogen and oxygen atoms in total. The lowest BCUT2D eigenvalue weighted by molar-refractivity contribution is 0.713. The Kier molecular flexibility index (Phi) is 4.19. The quantitative estimate of drug-likeness (QED) is 0.938. The fourth-order valence-corrected chi connectivity index (χ4v) is 2.15. The predicted molar refractivity (Wildman–Crippen MR) is 78.1 cm³/mol. The minimum atomic E-state index is 0.817. The Morgan fingerprint density at radius 1 is 1.28 bits per heavy atom. The second-order valence-electron chi connectivity index (χ2n) is 4.45. The molecule has 0 saturated heterocycles. The molecule has 0 unspecified atom stereocenters. The summed E-state index contributed by atoms with van der Waals surface area (Å²) in [6.45, 7) is 8.09. The zero-order valence-electron chi connectivity index (χ0n) is 11.0. The highest BCUT2D eigenvalue weighted by Crippen LogP contribution is 2.24. The molecule has 4 heteroatoms. The average molecular weight is 308 g/mol. The van der Waals surface area contributed by atoms with Gasteiger partial charge in [0, 0.05) is 22.9 Å². The van der Waals surface area contributed by atoms with Crippen LogP contribution in [0.1, 0.15) is 23.7 Å². The summed E-state index contributed by atoms with van der Waals surface area (Å²) >= 11 is 3.59. The molecule has 0 atom stereocenters. The van der Waals surface area contributed by atoms with Crippen LogP contribution >= 0.6 is 15.9 Å². The smallest absolute Gasteiger partial charge is 0.0995 e. The van der Waals surface area contributed by atoms with E-state index in [0.717, 1.165) is 24.5 Å². The number of rotatable bonds is 4. The van der Waals surface area contributed by atoms with Gasteiger partial charge >= 0.3 is 0 Å². The second kappa shape index (κ2) is 5.67.